The molecule has 4 aromatic heterocycles. The number of carbonyl (C=O) groups excluding carboxylic acids is 1. The molecule has 1 aliphatic carbocycles. The molecule has 0 aromatic carbocycles. The second-order valence-electron chi connectivity index (χ2n) is 13.9. The van der Waals surface area contributed by atoms with Gasteiger partial charge in [0.05, 0.1) is 43.8 Å². The molecule has 0 bridgehead atoms. The van der Waals surface area contributed by atoms with Crippen LogP contribution in [0.4, 0.5) is 23.0 Å². The summed E-state index contributed by atoms with van der Waals surface area (Å²) in [4.78, 5) is 43.0. The van der Waals surface area contributed by atoms with Gasteiger partial charge in [-0.15, -0.1) is 6.58 Å². The highest BCUT2D eigenvalue weighted by molar-refractivity contribution is 6.06. The van der Waals surface area contributed by atoms with Crippen molar-refractivity contribution in [1.29, 1.82) is 0 Å². The molecule has 2 atom stereocenters. The van der Waals surface area contributed by atoms with Crippen LogP contribution in [0.1, 0.15) is 47.1 Å². The number of hydrogen-bond acceptors (Lipinski definition) is 9. The maximum Gasteiger partial charge on any atom is 0.276 e. The van der Waals surface area contributed by atoms with E-state index in [2.05, 4.69) is 38.2 Å². The van der Waals surface area contributed by atoms with Crippen LogP contribution in [0.5, 0.6) is 0 Å². The minimum absolute atomic E-state index is 0.106. The summed E-state index contributed by atoms with van der Waals surface area (Å²) in [6.07, 6.45) is 11.5. The maximum atomic E-state index is 13.8. The summed E-state index contributed by atoms with van der Waals surface area (Å²) in [6, 6.07) is 10.5. The minimum atomic E-state index is -0.318. The van der Waals surface area contributed by atoms with Crippen LogP contribution >= 0.6 is 0 Å². The molecular formula is C38H44N8O4. The lowest BCUT2D eigenvalue weighted by Crippen LogP contribution is -2.63. The third-order valence-electron chi connectivity index (χ3n) is 10.9. The van der Waals surface area contributed by atoms with E-state index in [1.54, 1.807) is 30.4 Å². The van der Waals surface area contributed by atoms with Crippen LogP contribution in [-0.2, 0) is 37.8 Å². The zero-order valence-corrected chi connectivity index (χ0v) is 28.7. The number of nitrogens with one attached hydrogen (secondary N) is 1. The highest BCUT2D eigenvalue weighted by Crippen LogP contribution is 2.35. The van der Waals surface area contributed by atoms with Gasteiger partial charge in [0.2, 0.25) is 0 Å². The first-order chi connectivity index (χ1) is 24.3. The van der Waals surface area contributed by atoms with E-state index in [0.29, 0.717) is 64.9 Å². The smallest absolute Gasteiger partial charge is 0.276 e. The summed E-state index contributed by atoms with van der Waals surface area (Å²) in [6.45, 7) is 10.5. The Morgan fingerprint density at radius 2 is 1.92 bits per heavy atom. The van der Waals surface area contributed by atoms with Crippen LogP contribution in [0.15, 0.2) is 66.4 Å². The van der Waals surface area contributed by atoms with Crippen molar-refractivity contribution in [2.24, 2.45) is 7.05 Å². The first-order valence-corrected chi connectivity index (χ1v) is 17.6. The van der Waals surface area contributed by atoms with Crippen LogP contribution in [0.2, 0.25) is 0 Å². The van der Waals surface area contributed by atoms with E-state index < -0.39 is 0 Å². The maximum absolute atomic E-state index is 13.8. The molecule has 0 spiro atoms. The van der Waals surface area contributed by atoms with Crippen molar-refractivity contribution in [3.63, 3.8) is 0 Å². The fraction of sp³-hybridized carbons (Fsp3) is 0.421. The summed E-state index contributed by atoms with van der Waals surface area (Å²) >= 11 is 0. The van der Waals surface area contributed by atoms with Crippen LogP contribution in [0, 0.1) is 0 Å². The molecule has 1 amide bonds. The third-order valence-corrected chi connectivity index (χ3v) is 10.9. The van der Waals surface area contributed by atoms with Crippen LogP contribution < -0.4 is 20.7 Å². The first kappa shape index (κ1) is 32.4. The molecule has 3 aliphatic heterocycles. The van der Waals surface area contributed by atoms with E-state index >= 15 is 0 Å². The molecule has 2 N–H and O–H groups in total. The van der Waals surface area contributed by atoms with Gasteiger partial charge in [0.1, 0.15) is 23.0 Å². The van der Waals surface area contributed by atoms with Gasteiger partial charge in [0.15, 0.2) is 0 Å². The van der Waals surface area contributed by atoms with E-state index in [1.807, 2.05) is 36.5 Å². The van der Waals surface area contributed by atoms with Gasteiger partial charge in [0.25, 0.3) is 11.5 Å². The van der Waals surface area contributed by atoms with Gasteiger partial charge < -0.3 is 29.2 Å². The zero-order chi connectivity index (χ0) is 34.5. The summed E-state index contributed by atoms with van der Waals surface area (Å²) in [7, 11) is 1.70. The molecule has 260 valence electrons. The van der Waals surface area contributed by atoms with Crippen molar-refractivity contribution in [3.05, 3.63) is 94.4 Å². The fourth-order valence-electron chi connectivity index (χ4n) is 8.14. The normalized spacial score (nSPS) is 21.1. The molecule has 12 heteroatoms. The molecule has 2 saturated heterocycles. The van der Waals surface area contributed by atoms with Gasteiger partial charge in [-0.2, -0.15) is 0 Å². The topological polar surface area (TPSA) is 121 Å². The molecule has 7 heterocycles. The molecule has 4 aliphatic rings. The van der Waals surface area contributed by atoms with Crippen molar-refractivity contribution >= 4 is 28.9 Å². The number of pyridine rings is 3. The van der Waals surface area contributed by atoms with Gasteiger partial charge >= 0.3 is 0 Å². The van der Waals surface area contributed by atoms with Crippen LogP contribution in [0.25, 0.3) is 11.1 Å². The highest BCUT2D eigenvalue weighted by Gasteiger charge is 2.37. The standard InChI is InChI=1S/C38H44N8O4/c1-4-27-20-45(29-22-50-23-29)24(2)18-46(27)28-9-10-35(40-17-28)41-32-15-26(19-42(3)37(32)48)30-11-12-39-36(31(30)21-47)44-14-13-43-33-8-6-5-7-25(33)16-34(43)38(44)49/h4,9-12,15-17,19,24,27,29,47H,1,5-8,13-14,18,20-23H2,2-3H3,(H,40,41)/t24-,27+/m1/s1. The molecule has 0 unspecified atom stereocenters. The lowest BCUT2D eigenvalue weighted by Gasteiger charge is -2.50. The Hall–Kier alpha value is -4.78. The largest absolute Gasteiger partial charge is 0.392 e. The van der Waals surface area contributed by atoms with E-state index in [0.717, 1.165) is 57.7 Å². The number of hydrogen-bond donors (Lipinski definition) is 2. The second kappa shape index (κ2) is 13.2. The number of aliphatic hydroxyl groups is 1. The molecule has 0 radical (unpaired) electrons. The molecular weight excluding hydrogens is 632 g/mol. The number of amides is 1. The summed E-state index contributed by atoms with van der Waals surface area (Å²) < 4.78 is 9.13. The van der Waals surface area contributed by atoms with Crippen molar-refractivity contribution in [2.75, 3.05) is 48.0 Å². The van der Waals surface area contributed by atoms with Gasteiger partial charge in [-0.25, -0.2) is 9.97 Å². The number of carbonyl (C=O) groups is 1. The second-order valence-corrected chi connectivity index (χ2v) is 13.9. The van der Waals surface area contributed by atoms with Crippen molar-refractivity contribution in [1.82, 2.24) is 24.0 Å². The predicted octanol–water partition coefficient (Wildman–Crippen LogP) is 3.88. The van der Waals surface area contributed by atoms with Crippen molar-refractivity contribution in [2.45, 2.75) is 63.9 Å². The molecule has 4 aromatic rings. The molecule has 8 rings (SSSR count). The average molecular weight is 677 g/mol. The molecule has 2 fully saturated rings. The highest BCUT2D eigenvalue weighted by atomic mass is 16.5. The number of fused-ring (bicyclic) bond motifs is 3. The number of ether oxygens (including phenoxy) is 1. The Balaban J connectivity index is 1.05. The average Bonchev–Trinajstić information content (AvgIpc) is 3.50. The SMILES string of the molecule is C=C[C@H]1CN(C2COC2)[C@H](C)CN1c1ccc(Nc2cc(-c3ccnc(N4CCn5c(cc6c5CCCC6)C4=O)c3CO)cn(C)c2=O)nc1. The molecule has 50 heavy (non-hydrogen) atoms. The fourth-order valence-corrected chi connectivity index (χ4v) is 8.14. The number of anilines is 4. The predicted molar refractivity (Wildman–Crippen MR) is 193 cm³/mol. The number of piperazine rings is 1. The lowest BCUT2D eigenvalue weighted by molar-refractivity contribution is -0.0818. The Morgan fingerprint density at radius 1 is 1.08 bits per heavy atom. The van der Waals surface area contributed by atoms with E-state index in [1.165, 1.54) is 15.8 Å². The number of aryl methyl sites for hydroxylation is 2. The lowest BCUT2D eigenvalue weighted by atomic mass is 9.98. The van der Waals surface area contributed by atoms with Crippen LogP contribution in [0.3, 0.4) is 0 Å². The number of rotatable bonds is 8. The molecule has 12 nitrogen and oxygen atoms in total. The van der Waals surface area contributed by atoms with Gasteiger partial charge in [-0.3, -0.25) is 19.4 Å². The van der Waals surface area contributed by atoms with Crippen LogP contribution in [-0.4, -0.2) is 86.0 Å². The summed E-state index contributed by atoms with van der Waals surface area (Å²) in [5.41, 5.74) is 6.31. The quantitative estimate of drug-likeness (QED) is 0.268. The van der Waals surface area contributed by atoms with Crippen molar-refractivity contribution in [3.8, 4) is 11.1 Å². The Labute approximate surface area is 291 Å². The van der Waals surface area contributed by atoms with E-state index in [4.69, 9.17) is 9.72 Å². The van der Waals surface area contributed by atoms with Crippen molar-refractivity contribution < 1.29 is 14.6 Å². The summed E-state index contributed by atoms with van der Waals surface area (Å²) in [5, 5.41) is 13.9. The Kier molecular flexibility index (Phi) is 8.54. The first-order valence-electron chi connectivity index (χ1n) is 17.6. The van der Waals surface area contributed by atoms with Gasteiger partial charge in [-0.1, -0.05) is 6.08 Å². The summed E-state index contributed by atoms with van der Waals surface area (Å²) in [5.74, 6) is 0.875. The monoisotopic (exact) mass is 676 g/mol. The van der Waals surface area contributed by atoms with Gasteiger partial charge in [-0.05, 0) is 74.1 Å². The number of aliphatic hydroxyl groups excluding tert-OH is 1. The third kappa shape index (κ3) is 5.61. The van der Waals surface area contributed by atoms with E-state index in [9.17, 15) is 14.7 Å². The van der Waals surface area contributed by atoms with Gasteiger partial charge in [0, 0.05) is 68.5 Å². The Morgan fingerprint density at radius 3 is 2.66 bits per heavy atom. The number of nitrogens with zero attached hydrogens (tertiary/aromatic N) is 7. The molecule has 0 saturated carbocycles. The number of aromatic nitrogens is 4. The zero-order valence-electron chi connectivity index (χ0n) is 28.7. The van der Waals surface area contributed by atoms with E-state index in [-0.39, 0.29) is 24.1 Å². The minimum Gasteiger partial charge on any atom is -0.392 e. The Bertz CT molecular complexity index is 2000.